The van der Waals surface area contributed by atoms with Gasteiger partial charge in [-0.2, -0.15) is 5.26 Å². The van der Waals surface area contributed by atoms with Crippen LogP contribution in [-0.4, -0.2) is 23.4 Å². The van der Waals surface area contributed by atoms with Crippen LogP contribution in [0.4, 0.5) is 20.6 Å². The number of amides is 2. The van der Waals surface area contributed by atoms with Gasteiger partial charge in [-0.05, 0) is 75.4 Å². The van der Waals surface area contributed by atoms with Crippen LogP contribution in [-0.2, 0) is 9.53 Å². The number of nitrogens with one attached hydrogen (secondary N) is 2. The van der Waals surface area contributed by atoms with E-state index < -0.39 is 29.8 Å². The Labute approximate surface area is 214 Å². The molecule has 2 amide bonds. The number of benzene rings is 3. The highest BCUT2D eigenvalue weighted by molar-refractivity contribution is 6.12. The van der Waals surface area contributed by atoms with Crippen molar-refractivity contribution in [3.8, 4) is 17.9 Å². The maximum atomic E-state index is 13.1. The lowest BCUT2D eigenvalue weighted by Crippen LogP contribution is -2.27. The SMILES string of the molecule is CC(C)(C)OC(=O)Nc1ccc(C#Cc2ccc(F)cc2)cc1NC(=O)CC(=O)c1cccc(C#N)c1. The first-order valence-electron chi connectivity index (χ1n) is 11.3. The molecule has 37 heavy (non-hydrogen) atoms. The first-order chi connectivity index (χ1) is 17.5. The van der Waals surface area contributed by atoms with E-state index in [1.54, 1.807) is 51.1 Å². The standard InChI is InChI=1S/C29H24FN3O4/c1-29(2,3)37-28(36)33-24-14-11-20(8-7-19-9-12-23(30)13-10-19)16-25(24)32-27(35)17-26(34)22-6-4-5-21(15-22)18-31/h4-6,9-16H,17H2,1-3H3,(H,32,35)(H,33,36). The van der Waals surface area contributed by atoms with E-state index in [1.807, 2.05) is 6.07 Å². The monoisotopic (exact) mass is 497 g/mol. The Morgan fingerprint density at radius 3 is 2.22 bits per heavy atom. The Bertz CT molecular complexity index is 1440. The summed E-state index contributed by atoms with van der Waals surface area (Å²) in [4.78, 5) is 37.6. The lowest BCUT2D eigenvalue weighted by Gasteiger charge is -2.20. The molecule has 2 N–H and O–H groups in total. The number of nitrogens with zero attached hydrogens (tertiary/aromatic N) is 1. The summed E-state index contributed by atoms with van der Waals surface area (Å²) in [5.74, 6) is 4.37. The predicted molar refractivity (Wildman–Crippen MR) is 137 cm³/mol. The first kappa shape index (κ1) is 26.7. The Morgan fingerprint density at radius 2 is 1.54 bits per heavy atom. The van der Waals surface area contributed by atoms with Gasteiger partial charge < -0.3 is 10.1 Å². The van der Waals surface area contributed by atoms with Crippen molar-refractivity contribution < 1.29 is 23.5 Å². The minimum Gasteiger partial charge on any atom is -0.444 e. The maximum Gasteiger partial charge on any atom is 0.412 e. The number of hydrogen-bond donors (Lipinski definition) is 2. The third kappa shape index (κ3) is 8.34. The molecule has 0 radical (unpaired) electrons. The molecule has 0 aliphatic heterocycles. The fraction of sp³-hybridized carbons (Fsp3) is 0.172. The Morgan fingerprint density at radius 1 is 0.865 bits per heavy atom. The van der Waals surface area contributed by atoms with Gasteiger partial charge in [-0.1, -0.05) is 24.0 Å². The zero-order chi connectivity index (χ0) is 27.0. The molecule has 3 aromatic carbocycles. The summed E-state index contributed by atoms with van der Waals surface area (Å²) in [5.41, 5.74) is 1.35. The summed E-state index contributed by atoms with van der Waals surface area (Å²) in [6.45, 7) is 5.16. The smallest absolute Gasteiger partial charge is 0.412 e. The molecule has 3 aromatic rings. The second-order valence-corrected chi connectivity index (χ2v) is 8.98. The number of ether oxygens (including phenoxy) is 1. The van der Waals surface area contributed by atoms with Crippen LogP contribution in [0.2, 0.25) is 0 Å². The van der Waals surface area contributed by atoms with E-state index in [2.05, 4.69) is 22.5 Å². The summed E-state index contributed by atoms with van der Waals surface area (Å²) < 4.78 is 18.4. The Hall–Kier alpha value is -4.95. The number of nitriles is 1. The van der Waals surface area contributed by atoms with Crippen LogP contribution >= 0.6 is 0 Å². The van der Waals surface area contributed by atoms with Crippen molar-refractivity contribution in [1.29, 1.82) is 5.26 Å². The minimum absolute atomic E-state index is 0.209. The molecule has 0 aliphatic carbocycles. The maximum absolute atomic E-state index is 13.1. The number of anilines is 2. The minimum atomic E-state index is -0.738. The molecule has 0 spiro atoms. The fourth-order valence-electron chi connectivity index (χ4n) is 3.13. The third-order valence-electron chi connectivity index (χ3n) is 4.76. The van der Waals surface area contributed by atoms with E-state index in [1.165, 1.54) is 36.4 Å². The lowest BCUT2D eigenvalue weighted by atomic mass is 10.1. The van der Waals surface area contributed by atoms with Crippen molar-refractivity contribution in [2.45, 2.75) is 32.8 Å². The van der Waals surface area contributed by atoms with Crippen molar-refractivity contribution in [2.24, 2.45) is 0 Å². The number of carbonyl (C=O) groups excluding carboxylic acids is 3. The zero-order valence-corrected chi connectivity index (χ0v) is 20.5. The van der Waals surface area contributed by atoms with Crippen LogP contribution in [0.15, 0.2) is 66.7 Å². The molecule has 0 bridgehead atoms. The number of rotatable bonds is 5. The fourth-order valence-corrected chi connectivity index (χ4v) is 3.13. The van der Waals surface area contributed by atoms with Crippen molar-refractivity contribution in [3.05, 3.63) is 94.8 Å². The zero-order valence-electron chi connectivity index (χ0n) is 20.5. The van der Waals surface area contributed by atoms with E-state index in [0.29, 0.717) is 16.7 Å². The first-order valence-corrected chi connectivity index (χ1v) is 11.3. The van der Waals surface area contributed by atoms with Gasteiger partial charge in [-0.15, -0.1) is 0 Å². The molecule has 186 valence electrons. The van der Waals surface area contributed by atoms with Crippen molar-refractivity contribution >= 4 is 29.2 Å². The summed E-state index contributed by atoms with van der Waals surface area (Å²) in [6, 6.07) is 18.4. The highest BCUT2D eigenvalue weighted by Gasteiger charge is 2.19. The number of carbonyl (C=O) groups is 3. The van der Waals surface area contributed by atoms with Crippen LogP contribution in [0.3, 0.4) is 0 Å². The molecule has 7 nitrogen and oxygen atoms in total. The number of Topliss-reactive ketones (excluding diaryl/α,β-unsaturated/α-hetero) is 1. The topological polar surface area (TPSA) is 108 Å². The van der Waals surface area contributed by atoms with Crippen molar-refractivity contribution in [2.75, 3.05) is 10.6 Å². The molecular formula is C29H24FN3O4. The van der Waals surface area contributed by atoms with Gasteiger partial charge in [0.25, 0.3) is 0 Å². The molecule has 0 fully saturated rings. The Kier molecular flexibility index (Phi) is 8.39. The molecule has 0 unspecified atom stereocenters. The van der Waals surface area contributed by atoms with E-state index >= 15 is 0 Å². The second kappa shape index (κ2) is 11.7. The predicted octanol–water partition coefficient (Wildman–Crippen LogP) is 5.66. The van der Waals surface area contributed by atoms with Gasteiger partial charge in [-0.25, -0.2) is 9.18 Å². The third-order valence-corrected chi connectivity index (χ3v) is 4.76. The average Bonchev–Trinajstić information content (AvgIpc) is 2.84. The largest absolute Gasteiger partial charge is 0.444 e. The molecule has 0 aliphatic rings. The van der Waals surface area contributed by atoms with Crippen LogP contribution in [0.25, 0.3) is 0 Å². The quantitative estimate of drug-likeness (QED) is 0.269. The van der Waals surface area contributed by atoms with Gasteiger partial charge in [0.15, 0.2) is 5.78 Å². The average molecular weight is 498 g/mol. The van der Waals surface area contributed by atoms with Crippen LogP contribution in [0, 0.1) is 29.0 Å². The molecule has 8 heteroatoms. The summed E-state index contributed by atoms with van der Waals surface area (Å²) >= 11 is 0. The van der Waals surface area contributed by atoms with E-state index in [9.17, 15) is 18.8 Å². The number of ketones is 1. The van der Waals surface area contributed by atoms with Gasteiger partial charge in [-0.3, -0.25) is 14.9 Å². The molecule has 0 aromatic heterocycles. The van der Waals surface area contributed by atoms with Crippen molar-refractivity contribution in [3.63, 3.8) is 0 Å². The molecule has 0 saturated heterocycles. The Balaban J connectivity index is 1.84. The van der Waals surface area contributed by atoms with E-state index in [-0.39, 0.29) is 22.8 Å². The van der Waals surface area contributed by atoms with Crippen molar-refractivity contribution in [1.82, 2.24) is 0 Å². The second-order valence-electron chi connectivity index (χ2n) is 8.98. The molecule has 0 heterocycles. The lowest BCUT2D eigenvalue weighted by molar-refractivity contribution is -0.115. The van der Waals surface area contributed by atoms with Crippen LogP contribution in [0.1, 0.15) is 54.2 Å². The molecule has 0 saturated carbocycles. The summed E-state index contributed by atoms with van der Waals surface area (Å²) in [6.07, 6.45) is -1.20. The summed E-state index contributed by atoms with van der Waals surface area (Å²) in [7, 11) is 0. The van der Waals surface area contributed by atoms with Crippen LogP contribution < -0.4 is 10.6 Å². The number of hydrogen-bond acceptors (Lipinski definition) is 5. The normalized spacial score (nSPS) is 10.4. The van der Waals surface area contributed by atoms with Crippen LogP contribution in [0.5, 0.6) is 0 Å². The highest BCUT2D eigenvalue weighted by Crippen LogP contribution is 2.25. The van der Waals surface area contributed by atoms with E-state index in [4.69, 9.17) is 10.00 Å². The highest BCUT2D eigenvalue weighted by atomic mass is 19.1. The van der Waals surface area contributed by atoms with Gasteiger partial charge >= 0.3 is 6.09 Å². The molecule has 3 rings (SSSR count). The van der Waals surface area contributed by atoms with Gasteiger partial charge in [0.05, 0.1) is 29.4 Å². The van der Waals surface area contributed by atoms with E-state index in [0.717, 1.165) is 0 Å². The van der Waals surface area contributed by atoms with Gasteiger partial charge in [0, 0.05) is 16.7 Å². The molecular weight excluding hydrogens is 473 g/mol. The molecule has 0 atom stereocenters. The summed E-state index contributed by atoms with van der Waals surface area (Å²) in [5, 5.41) is 14.3. The van der Waals surface area contributed by atoms with Gasteiger partial charge in [0.1, 0.15) is 11.4 Å². The number of halogens is 1. The van der Waals surface area contributed by atoms with Gasteiger partial charge in [0.2, 0.25) is 5.91 Å².